The maximum Gasteiger partial charge on any atom is 0.244 e. The molecule has 0 bridgehead atoms. The van der Waals surface area contributed by atoms with Gasteiger partial charge in [0.1, 0.15) is 10.7 Å². The normalized spacial score (nSPS) is 13.1. The second-order valence-electron chi connectivity index (χ2n) is 4.59. The third-order valence-corrected chi connectivity index (χ3v) is 4.99. The average Bonchev–Trinajstić information content (AvgIpc) is 2.37. The van der Waals surface area contributed by atoms with E-state index in [1.165, 1.54) is 12.1 Å². The van der Waals surface area contributed by atoms with Crippen molar-refractivity contribution in [2.45, 2.75) is 17.9 Å². The molecule has 0 spiro atoms. The summed E-state index contributed by atoms with van der Waals surface area (Å²) < 4.78 is 41.2. The van der Waals surface area contributed by atoms with E-state index in [2.05, 4.69) is 20.7 Å². The van der Waals surface area contributed by atoms with Crippen molar-refractivity contribution in [1.29, 1.82) is 0 Å². The predicted octanol–water partition coefficient (Wildman–Crippen LogP) is 3.21. The molecule has 7 heteroatoms. The Morgan fingerprint density at radius 1 is 1.24 bits per heavy atom. The molecule has 3 N–H and O–H groups in total. The first-order valence-electron chi connectivity index (χ1n) is 6.12. The number of hydrogen-bond acceptors (Lipinski definition) is 3. The van der Waals surface area contributed by atoms with Gasteiger partial charge in [-0.3, -0.25) is 0 Å². The lowest BCUT2D eigenvalue weighted by atomic mass is 10.1. The summed E-state index contributed by atoms with van der Waals surface area (Å²) >= 11 is 3.09. The molecule has 0 radical (unpaired) electrons. The van der Waals surface area contributed by atoms with E-state index in [9.17, 15) is 12.8 Å². The molecule has 0 saturated carbocycles. The van der Waals surface area contributed by atoms with Gasteiger partial charge in [0.25, 0.3) is 0 Å². The molecule has 0 aliphatic rings. The van der Waals surface area contributed by atoms with E-state index >= 15 is 0 Å². The van der Waals surface area contributed by atoms with Gasteiger partial charge >= 0.3 is 0 Å². The van der Waals surface area contributed by atoms with Crippen LogP contribution < -0.4 is 10.5 Å². The largest absolute Gasteiger partial charge is 0.399 e. The van der Waals surface area contributed by atoms with Gasteiger partial charge in [-0.05, 0) is 42.8 Å². The van der Waals surface area contributed by atoms with Gasteiger partial charge in [-0.25, -0.2) is 17.5 Å². The van der Waals surface area contributed by atoms with Crippen LogP contribution >= 0.6 is 15.9 Å². The number of halogens is 2. The summed E-state index contributed by atoms with van der Waals surface area (Å²) in [5, 5.41) is 0. The topological polar surface area (TPSA) is 72.2 Å². The minimum Gasteiger partial charge on any atom is -0.399 e. The molecule has 1 unspecified atom stereocenters. The van der Waals surface area contributed by atoms with Crippen LogP contribution in [0.15, 0.2) is 51.8 Å². The zero-order valence-electron chi connectivity index (χ0n) is 11.2. The summed E-state index contributed by atoms with van der Waals surface area (Å²) in [7, 11) is -3.95. The minimum atomic E-state index is -3.95. The molecule has 2 aromatic rings. The van der Waals surface area contributed by atoms with Crippen molar-refractivity contribution in [3.63, 3.8) is 0 Å². The molecule has 0 heterocycles. The van der Waals surface area contributed by atoms with Crippen molar-refractivity contribution in [3.8, 4) is 0 Å². The lowest BCUT2D eigenvalue weighted by molar-refractivity contribution is 0.546. The highest BCUT2D eigenvalue weighted by Crippen LogP contribution is 2.22. The maximum absolute atomic E-state index is 13.8. The van der Waals surface area contributed by atoms with Gasteiger partial charge in [0.15, 0.2) is 0 Å². The molecule has 112 valence electrons. The molecule has 21 heavy (non-hydrogen) atoms. The average molecular weight is 373 g/mol. The van der Waals surface area contributed by atoms with Gasteiger partial charge in [-0.15, -0.1) is 0 Å². The maximum atomic E-state index is 13.8. The third-order valence-electron chi connectivity index (χ3n) is 2.93. The zero-order valence-corrected chi connectivity index (χ0v) is 13.6. The Hall–Kier alpha value is -1.44. The van der Waals surface area contributed by atoms with Crippen molar-refractivity contribution >= 4 is 31.6 Å². The highest BCUT2D eigenvalue weighted by Gasteiger charge is 2.22. The SMILES string of the molecule is CC(NS(=O)(=O)c1ccc(Br)cc1F)c1cccc(N)c1. The Labute approximate surface area is 131 Å². The molecule has 0 aliphatic carbocycles. The summed E-state index contributed by atoms with van der Waals surface area (Å²) in [6, 6.07) is 10.1. The van der Waals surface area contributed by atoms with Crippen LogP contribution in [-0.4, -0.2) is 8.42 Å². The van der Waals surface area contributed by atoms with Crippen molar-refractivity contribution in [3.05, 3.63) is 58.3 Å². The fourth-order valence-electron chi connectivity index (χ4n) is 1.89. The molecule has 2 rings (SSSR count). The van der Waals surface area contributed by atoms with E-state index in [0.717, 1.165) is 6.07 Å². The first kappa shape index (κ1) is 15.9. The van der Waals surface area contributed by atoms with Crippen LogP contribution in [0.4, 0.5) is 10.1 Å². The van der Waals surface area contributed by atoms with Crippen molar-refractivity contribution in [2.24, 2.45) is 0 Å². The van der Waals surface area contributed by atoms with Crippen LogP contribution in [0.5, 0.6) is 0 Å². The van der Waals surface area contributed by atoms with E-state index in [1.54, 1.807) is 31.2 Å². The molecular weight excluding hydrogens is 359 g/mol. The number of rotatable bonds is 4. The van der Waals surface area contributed by atoms with Crippen LogP contribution in [0.1, 0.15) is 18.5 Å². The summed E-state index contributed by atoms with van der Waals surface area (Å²) in [6.45, 7) is 1.67. The Morgan fingerprint density at radius 2 is 1.95 bits per heavy atom. The number of anilines is 1. The fraction of sp³-hybridized carbons (Fsp3) is 0.143. The summed E-state index contributed by atoms with van der Waals surface area (Å²) in [6.07, 6.45) is 0. The summed E-state index contributed by atoms with van der Waals surface area (Å²) in [5.74, 6) is -0.809. The number of nitrogens with two attached hydrogens (primary N) is 1. The van der Waals surface area contributed by atoms with E-state index < -0.39 is 21.9 Å². The van der Waals surface area contributed by atoms with E-state index in [4.69, 9.17) is 5.73 Å². The molecule has 0 amide bonds. The van der Waals surface area contributed by atoms with Gasteiger partial charge in [0.2, 0.25) is 10.0 Å². The van der Waals surface area contributed by atoms with Gasteiger partial charge in [0.05, 0.1) is 0 Å². The number of nitrogen functional groups attached to an aromatic ring is 1. The number of nitrogens with one attached hydrogen (secondary N) is 1. The van der Waals surface area contributed by atoms with E-state index in [-0.39, 0.29) is 4.90 Å². The predicted molar refractivity (Wildman–Crippen MR) is 83.7 cm³/mol. The molecule has 0 fully saturated rings. The van der Waals surface area contributed by atoms with Crippen LogP contribution in [0.2, 0.25) is 0 Å². The Morgan fingerprint density at radius 3 is 2.57 bits per heavy atom. The van der Waals surface area contributed by atoms with Crippen LogP contribution in [0.3, 0.4) is 0 Å². The Balaban J connectivity index is 2.29. The summed E-state index contributed by atoms with van der Waals surface area (Å²) in [5.41, 5.74) is 6.91. The minimum absolute atomic E-state index is 0.388. The smallest absolute Gasteiger partial charge is 0.244 e. The molecule has 0 aromatic heterocycles. The Kier molecular flexibility index (Phi) is 4.65. The standard InChI is InChI=1S/C14H14BrFN2O2S/c1-9(10-3-2-4-12(17)7-10)18-21(19,20)14-6-5-11(15)8-13(14)16/h2-9,18H,17H2,1H3. The van der Waals surface area contributed by atoms with Crippen molar-refractivity contribution < 1.29 is 12.8 Å². The van der Waals surface area contributed by atoms with Gasteiger partial charge in [0, 0.05) is 16.2 Å². The lowest BCUT2D eigenvalue weighted by Crippen LogP contribution is -2.27. The van der Waals surface area contributed by atoms with Gasteiger partial charge in [-0.2, -0.15) is 0 Å². The van der Waals surface area contributed by atoms with Crippen LogP contribution in [0.25, 0.3) is 0 Å². The highest BCUT2D eigenvalue weighted by molar-refractivity contribution is 9.10. The lowest BCUT2D eigenvalue weighted by Gasteiger charge is -2.15. The molecule has 2 aromatic carbocycles. The molecule has 1 atom stereocenters. The monoisotopic (exact) mass is 372 g/mol. The highest BCUT2D eigenvalue weighted by atomic mass is 79.9. The quantitative estimate of drug-likeness (QED) is 0.809. The number of sulfonamides is 1. The van der Waals surface area contributed by atoms with Crippen molar-refractivity contribution in [2.75, 3.05) is 5.73 Å². The molecular formula is C14H14BrFN2O2S. The number of hydrogen-bond donors (Lipinski definition) is 2. The second kappa shape index (κ2) is 6.13. The second-order valence-corrected chi connectivity index (χ2v) is 7.19. The fourth-order valence-corrected chi connectivity index (χ4v) is 3.51. The van der Waals surface area contributed by atoms with E-state index in [1.807, 2.05) is 0 Å². The molecule has 0 aliphatic heterocycles. The van der Waals surface area contributed by atoms with E-state index in [0.29, 0.717) is 15.7 Å². The first-order valence-corrected chi connectivity index (χ1v) is 8.40. The molecule has 0 saturated heterocycles. The van der Waals surface area contributed by atoms with Gasteiger partial charge in [-0.1, -0.05) is 28.1 Å². The summed E-state index contributed by atoms with van der Waals surface area (Å²) in [4.78, 5) is -0.388. The Bertz CT molecular complexity index is 765. The van der Waals surface area contributed by atoms with Crippen LogP contribution in [0, 0.1) is 5.82 Å². The van der Waals surface area contributed by atoms with Crippen molar-refractivity contribution in [1.82, 2.24) is 4.72 Å². The van der Waals surface area contributed by atoms with Gasteiger partial charge < -0.3 is 5.73 Å². The zero-order chi connectivity index (χ0) is 15.6. The number of benzene rings is 2. The molecule has 4 nitrogen and oxygen atoms in total. The third kappa shape index (κ3) is 3.81. The van der Waals surface area contributed by atoms with Crippen LogP contribution in [-0.2, 0) is 10.0 Å². The first-order chi connectivity index (χ1) is 9.79.